The van der Waals surface area contributed by atoms with Crippen LogP contribution >= 0.6 is 0 Å². The average molecular weight is 500 g/mol. The van der Waals surface area contributed by atoms with Crippen LogP contribution in [0.4, 0.5) is 0 Å². The fraction of sp³-hybridized carbons (Fsp3) is 0.567. The van der Waals surface area contributed by atoms with E-state index < -0.39 is 5.60 Å². The summed E-state index contributed by atoms with van der Waals surface area (Å²) in [7, 11) is 2.11. The van der Waals surface area contributed by atoms with Crippen molar-refractivity contribution in [3.63, 3.8) is 0 Å². The number of rotatable bonds is 7. The number of ether oxygens (including phenoxy) is 1. The molecule has 37 heavy (non-hydrogen) atoms. The molecule has 0 radical (unpaired) electrons. The standard InChI is InChI=1S/C30H37N5O2/c1-29(18-34(2)19-29)30(36,24-7-5-21(6-8-24)20-3-4-20)25-15-23(16-31-17-25)27-32-28(22-11-13-37-14-12-22)35(33-27)26-9-10-26/h5-8,15-17,20,22,26,36H,3-4,9-14,18-19H2,1-2H3. The first-order valence-electron chi connectivity index (χ1n) is 14.0. The fourth-order valence-electron chi connectivity index (χ4n) is 6.69. The molecule has 7 heteroatoms. The van der Waals surface area contributed by atoms with Gasteiger partial charge in [-0.15, -0.1) is 0 Å². The van der Waals surface area contributed by atoms with Gasteiger partial charge in [-0.25, -0.2) is 9.67 Å². The van der Waals surface area contributed by atoms with Crippen LogP contribution in [0.15, 0.2) is 42.7 Å². The Morgan fingerprint density at radius 3 is 2.32 bits per heavy atom. The van der Waals surface area contributed by atoms with E-state index >= 15 is 0 Å². The van der Waals surface area contributed by atoms with Crippen molar-refractivity contribution in [3.8, 4) is 11.4 Å². The van der Waals surface area contributed by atoms with E-state index in [1.807, 2.05) is 12.4 Å². The van der Waals surface area contributed by atoms with Gasteiger partial charge in [-0.05, 0) is 68.7 Å². The van der Waals surface area contributed by atoms with E-state index in [0.29, 0.717) is 23.7 Å². The number of hydrogen-bond acceptors (Lipinski definition) is 6. The topological polar surface area (TPSA) is 76.3 Å². The largest absolute Gasteiger partial charge is 0.381 e. The second-order valence-electron chi connectivity index (χ2n) is 12.2. The van der Waals surface area contributed by atoms with Crippen molar-refractivity contribution >= 4 is 0 Å². The fourth-order valence-corrected chi connectivity index (χ4v) is 6.69. The highest BCUT2D eigenvalue weighted by molar-refractivity contribution is 5.56. The van der Waals surface area contributed by atoms with Crippen LogP contribution in [0.5, 0.6) is 0 Å². The van der Waals surface area contributed by atoms with Crippen LogP contribution in [0.3, 0.4) is 0 Å². The van der Waals surface area contributed by atoms with Crippen LogP contribution in [0.1, 0.15) is 85.8 Å². The zero-order chi connectivity index (χ0) is 25.2. The average Bonchev–Trinajstić information content (AvgIpc) is 3.86. The summed E-state index contributed by atoms with van der Waals surface area (Å²) in [6.45, 7) is 5.40. The third kappa shape index (κ3) is 4.03. The zero-order valence-corrected chi connectivity index (χ0v) is 21.9. The maximum atomic E-state index is 12.6. The van der Waals surface area contributed by atoms with Crippen molar-refractivity contribution in [1.29, 1.82) is 0 Å². The predicted molar refractivity (Wildman–Crippen MR) is 141 cm³/mol. The Labute approximate surface area is 218 Å². The molecular formula is C30H37N5O2. The van der Waals surface area contributed by atoms with E-state index in [4.69, 9.17) is 14.8 Å². The number of aromatic nitrogens is 4. The minimum atomic E-state index is -1.16. The lowest BCUT2D eigenvalue weighted by atomic mass is 9.62. The van der Waals surface area contributed by atoms with Crippen LogP contribution in [0.25, 0.3) is 11.4 Å². The van der Waals surface area contributed by atoms with Gasteiger partial charge in [0.05, 0.1) is 6.04 Å². The SMILES string of the molecule is CN1CC(C)(C(O)(c2ccc(C3CC3)cc2)c2cncc(-c3nc(C4CCOCC4)n(C4CC4)n3)c2)C1. The molecule has 1 aromatic carbocycles. The third-order valence-corrected chi connectivity index (χ3v) is 9.04. The summed E-state index contributed by atoms with van der Waals surface area (Å²) in [6.07, 6.45) is 10.5. The second-order valence-corrected chi connectivity index (χ2v) is 12.2. The first kappa shape index (κ1) is 23.5. The second kappa shape index (κ2) is 8.72. The molecule has 1 N–H and O–H groups in total. The molecule has 194 valence electrons. The Hall–Kier alpha value is -2.61. The number of aliphatic hydroxyl groups is 1. The monoisotopic (exact) mass is 499 g/mol. The van der Waals surface area contributed by atoms with Crippen LogP contribution in [-0.4, -0.2) is 63.1 Å². The normalized spacial score (nSPS) is 24.0. The smallest absolute Gasteiger partial charge is 0.182 e. The Morgan fingerprint density at radius 2 is 1.68 bits per heavy atom. The summed E-state index contributed by atoms with van der Waals surface area (Å²) in [4.78, 5) is 12.0. The molecule has 7 nitrogen and oxygen atoms in total. The number of pyridine rings is 1. The van der Waals surface area contributed by atoms with Crippen molar-refractivity contribution in [1.82, 2.24) is 24.6 Å². The molecule has 1 atom stereocenters. The third-order valence-electron chi connectivity index (χ3n) is 9.04. The van der Waals surface area contributed by atoms with E-state index in [1.54, 1.807) is 0 Å². The number of benzene rings is 1. The molecule has 4 fully saturated rings. The van der Waals surface area contributed by atoms with Gasteiger partial charge in [0.1, 0.15) is 11.4 Å². The van der Waals surface area contributed by atoms with Crippen molar-refractivity contribution in [2.24, 2.45) is 5.41 Å². The van der Waals surface area contributed by atoms with Crippen molar-refractivity contribution < 1.29 is 9.84 Å². The molecule has 0 spiro atoms. The van der Waals surface area contributed by atoms with Crippen LogP contribution in [0, 0.1) is 5.41 Å². The van der Waals surface area contributed by atoms with E-state index in [9.17, 15) is 5.11 Å². The molecule has 3 aromatic rings. The first-order chi connectivity index (χ1) is 17.9. The minimum Gasteiger partial charge on any atom is -0.381 e. The van der Waals surface area contributed by atoms with Crippen LogP contribution < -0.4 is 0 Å². The molecule has 0 bridgehead atoms. The molecule has 0 amide bonds. The number of likely N-dealkylation sites (tertiary alicyclic amines) is 1. The van der Waals surface area contributed by atoms with Gasteiger partial charge in [-0.1, -0.05) is 31.2 Å². The molecule has 2 aliphatic heterocycles. The highest BCUT2D eigenvalue weighted by Gasteiger charge is 2.55. The minimum absolute atomic E-state index is 0.322. The molecule has 7 rings (SSSR count). The first-order valence-corrected chi connectivity index (χ1v) is 14.0. The molecular weight excluding hydrogens is 462 g/mol. The Bertz CT molecular complexity index is 1280. The highest BCUT2D eigenvalue weighted by atomic mass is 16.5. The van der Waals surface area contributed by atoms with Crippen molar-refractivity contribution in [2.45, 2.75) is 68.9 Å². The van der Waals surface area contributed by atoms with Gasteiger partial charge in [0, 0.05) is 61.2 Å². The summed E-state index contributed by atoms with van der Waals surface area (Å²) in [5.41, 5.74) is 2.52. The Morgan fingerprint density at radius 1 is 0.946 bits per heavy atom. The lowest BCUT2D eigenvalue weighted by Gasteiger charge is -2.55. The van der Waals surface area contributed by atoms with Crippen molar-refractivity contribution in [3.05, 3.63) is 65.2 Å². The summed E-state index contributed by atoms with van der Waals surface area (Å²) in [5, 5.41) is 17.6. The summed E-state index contributed by atoms with van der Waals surface area (Å²) < 4.78 is 7.77. The van der Waals surface area contributed by atoms with E-state index in [1.165, 1.54) is 31.2 Å². The molecule has 4 aliphatic rings. The maximum absolute atomic E-state index is 12.6. The molecule has 1 unspecified atom stereocenters. The van der Waals surface area contributed by atoms with Gasteiger partial charge >= 0.3 is 0 Å². The number of hydrogen-bond donors (Lipinski definition) is 1. The Kier molecular flexibility index (Phi) is 5.54. The van der Waals surface area contributed by atoms with E-state index in [0.717, 1.165) is 61.7 Å². The van der Waals surface area contributed by atoms with Crippen LogP contribution in [-0.2, 0) is 10.3 Å². The van der Waals surface area contributed by atoms with Gasteiger partial charge in [-0.2, -0.15) is 5.10 Å². The maximum Gasteiger partial charge on any atom is 0.182 e. The lowest BCUT2D eigenvalue weighted by Crippen LogP contribution is -2.63. The zero-order valence-electron chi connectivity index (χ0n) is 21.9. The quantitative estimate of drug-likeness (QED) is 0.511. The molecule has 4 heterocycles. The Balaban J connectivity index is 1.28. The molecule has 2 aliphatic carbocycles. The van der Waals surface area contributed by atoms with E-state index in [-0.39, 0.29) is 5.41 Å². The van der Waals surface area contributed by atoms with E-state index in [2.05, 4.69) is 58.9 Å². The van der Waals surface area contributed by atoms with Gasteiger partial charge in [-0.3, -0.25) is 4.98 Å². The lowest BCUT2D eigenvalue weighted by molar-refractivity contribution is -0.127. The van der Waals surface area contributed by atoms with Gasteiger partial charge in [0.2, 0.25) is 0 Å². The summed E-state index contributed by atoms with van der Waals surface area (Å²) >= 11 is 0. The van der Waals surface area contributed by atoms with Crippen LogP contribution in [0.2, 0.25) is 0 Å². The van der Waals surface area contributed by atoms with Crippen molar-refractivity contribution in [2.75, 3.05) is 33.4 Å². The summed E-state index contributed by atoms with van der Waals surface area (Å²) in [5.74, 6) is 2.88. The number of nitrogens with zero attached hydrogens (tertiary/aromatic N) is 5. The highest BCUT2D eigenvalue weighted by Crippen LogP contribution is 2.51. The van der Waals surface area contributed by atoms with Gasteiger partial charge in [0.15, 0.2) is 5.82 Å². The summed E-state index contributed by atoms with van der Waals surface area (Å²) in [6, 6.07) is 11.2. The van der Waals surface area contributed by atoms with Gasteiger partial charge < -0.3 is 14.7 Å². The molecule has 2 saturated heterocycles. The molecule has 2 saturated carbocycles. The molecule has 2 aromatic heterocycles. The van der Waals surface area contributed by atoms with Gasteiger partial charge in [0.25, 0.3) is 0 Å². The predicted octanol–water partition coefficient (Wildman–Crippen LogP) is 4.63.